The van der Waals surface area contributed by atoms with Crippen molar-refractivity contribution in [3.05, 3.63) is 22.6 Å². The summed E-state index contributed by atoms with van der Waals surface area (Å²) in [5.74, 6) is -0.135. The highest BCUT2D eigenvalue weighted by Crippen LogP contribution is 2.32. The second kappa shape index (κ2) is 7.98. The smallest absolute Gasteiger partial charge is 0.259 e. The topological polar surface area (TPSA) is 81.2 Å². The summed E-state index contributed by atoms with van der Waals surface area (Å²) in [5, 5.41) is 6.86. The number of hydrogen-bond acceptors (Lipinski definition) is 5. The van der Waals surface area contributed by atoms with Crippen LogP contribution in [0.1, 0.15) is 54.8 Å². The average Bonchev–Trinajstić information content (AvgIpc) is 3.13. The number of aromatic nitrogens is 1. The van der Waals surface area contributed by atoms with Crippen molar-refractivity contribution in [2.45, 2.75) is 46.0 Å². The molecule has 0 saturated carbocycles. The number of hydrogen-bond donors (Lipinski definition) is 2. The fourth-order valence-electron chi connectivity index (χ4n) is 2.23. The van der Waals surface area contributed by atoms with Gasteiger partial charge in [-0.25, -0.2) is 0 Å². The van der Waals surface area contributed by atoms with Gasteiger partial charge in [0, 0.05) is 11.4 Å². The minimum absolute atomic E-state index is 0.0764. The molecule has 2 rings (SSSR count). The van der Waals surface area contributed by atoms with E-state index in [2.05, 4.69) is 24.3 Å². The number of anilines is 1. The van der Waals surface area contributed by atoms with Crippen molar-refractivity contribution in [1.82, 2.24) is 10.5 Å². The Morgan fingerprint density at radius 1 is 1.32 bits per heavy atom. The Kier molecular flexibility index (Phi) is 6.00. The van der Waals surface area contributed by atoms with Crippen LogP contribution in [0.2, 0.25) is 0 Å². The van der Waals surface area contributed by atoms with Crippen LogP contribution >= 0.6 is 11.3 Å². The van der Waals surface area contributed by atoms with E-state index in [1.807, 2.05) is 12.1 Å². The molecule has 1 amide bonds. The molecule has 120 valence electrons. The van der Waals surface area contributed by atoms with Crippen LogP contribution in [0.25, 0.3) is 10.6 Å². The lowest BCUT2D eigenvalue weighted by Gasteiger charge is -2.04. The fraction of sp³-hybridized carbons (Fsp3) is 0.500. The Morgan fingerprint density at radius 2 is 2.14 bits per heavy atom. The van der Waals surface area contributed by atoms with Gasteiger partial charge in [-0.15, -0.1) is 11.3 Å². The van der Waals surface area contributed by atoms with E-state index in [1.54, 1.807) is 11.3 Å². The summed E-state index contributed by atoms with van der Waals surface area (Å²) in [5.41, 5.74) is 6.67. The summed E-state index contributed by atoms with van der Waals surface area (Å²) < 4.78 is 5.03. The van der Waals surface area contributed by atoms with Gasteiger partial charge < -0.3 is 15.6 Å². The lowest BCUT2D eigenvalue weighted by atomic mass is 10.1. The molecule has 6 heteroatoms. The Labute approximate surface area is 134 Å². The first-order valence-corrected chi connectivity index (χ1v) is 8.61. The van der Waals surface area contributed by atoms with Crippen LogP contribution in [0, 0.1) is 0 Å². The van der Waals surface area contributed by atoms with Gasteiger partial charge in [-0.05, 0) is 25.0 Å². The van der Waals surface area contributed by atoms with Crippen LogP contribution in [-0.4, -0.2) is 17.6 Å². The summed E-state index contributed by atoms with van der Waals surface area (Å²) in [6, 6.07) is 4.00. The predicted octanol–water partition coefficient (Wildman–Crippen LogP) is 3.86. The van der Waals surface area contributed by atoms with E-state index < -0.39 is 0 Å². The maximum absolute atomic E-state index is 12.3. The predicted molar refractivity (Wildman–Crippen MR) is 90.1 cm³/mol. The fourth-order valence-corrected chi connectivity index (χ4v) is 3.16. The molecule has 0 aliphatic heterocycles. The average molecular weight is 321 g/mol. The molecule has 0 spiro atoms. The van der Waals surface area contributed by atoms with Gasteiger partial charge in [-0.2, -0.15) is 0 Å². The van der Waals surface area contributed by atoms with Gasteiger partial charge in [0.15, 0.2) is 0 Å². The normalized spacial score (nSPS) is 10.8. The molecule has 0 aromatic carbocycles. The van der Waals surface area contributed by atoms with Gasteiger partial charge in [0.05, 0.1) is 4.88 Å². The third kappa shape index (κ3) is 3.88. The van der Waals surface area contributed by atoms with Crippen molar-refractivity contribution in [2.24, 2.45) is 0 Å². The van der Waals surface area contributed by atoms with E-state index in [4.69, 9.17) is 10.3 Å². The van der Waals surface area contributed by atoms with E-state index >= 15 is 0 Å². The molecule has 0 atom stereocenters. The van der Waals surface area contributed by atoms with E-state index in [0.29, 0.717) is 17.8 Å². The summed E-state index contributed by atoms with van der Waals surface area (Å²) in [6.07, 6.45) is 5.41. The highest BCUT2D eigenvalue weighted by Gasteiger charge is 2.23. The number of nitrogen functional groups attached to an aromatic ring is 1. The summed E-state index contributed by atoms with van der Waals surface area (Å²) >= 11 is 1.61. The third-order valence-electron chi connectivity index (χ3n) is 3.50. The lowest BCUT2D eigenvalue weighted by Crippen LogP contribution is -2.25. The number of aryl methyl sites for hydroxylation is 1. The molecule has 2 aromatic rings. The van der Waals surface area contributed by atoms with Crippen molar-refractivity contribution in [3.63, 3.8) is 0 Å². The van der Waals surface area contributed by atoms with E-state index in [-0.39, 0.29) is 11.8 Å². The number of nitrogens with one attached hydrogen (secondary N) is 1. The lowest BCUT2D eigenvalue weighted by molar-refractivity contribution is 0.0954. The summed E-state index contributed by atoms with van der Waals surface area (Å²) in [4.78, 5) is 14.5. The molecule has 5 nitrogen and oxygen atoms in total. The maximum Gasteiger partial charge on any atom is 0.259 e. The molecule has 2 heterocycles. The van der Waals surface area contributed by atoms with Gasteiger partial charge in [-0.3, -0.25) is 4.79 Å². The molecule has 0 bridgehead atoms. The first-order valence-electron chi connectivity index (χ1n) is 7.79. The zero-order valence-corrected chi connectivity index (χ0v) is 14.0. The van der Waals surface area contributed by atoms with Crippen LogP contribution in [0.3, 0.4) is 0 Å². The van der Waals surface area contributed by atoms with Crippen LogP contribution in [0.4, 0.5) is 5.88 Å². The molecule has 2 aromatic heterocycles. The zero-order chi connectivity index (χ0) is 15.9. The van der Waals surface area contributed by atoms with Crippen molar-refractivity contribution in [2.75, 3.05) is 12.3 Å². The number of rotatable bonds is 8. The highest BCUT2D eigenvalue weighted by atomic mass is 32.1. The van der Waals surface area contributed by atoms with Crippen molar-refractivity contribution in [1.29, 1.82) is 0 Å². The molecule has 0 unspecified atom stereocenters. The number of nitrogens with two attached hydrogens (primary N) is 1. The molecule has 0 radical (unpaired) electrons. The Hall–Kier alpha value is -1.82. The Bertz CT molecular complexity index is 619. The Morgan fingerprint density at radius 3 is 2.82 bits per heavy atom. The van der Waals surface area contributed by atoms with Crippen LogP contribution < -0.4 is 11.1 Å². The molecular weight excluding hydrogens is 298 g/mol. The highest BCUT2D eigenvalue weighted by molar-refractivity contribution is 7.15. The van der Waals surface area contributed by atoms with E-state index in [1.165, 1.54) is 17.7 Å². The minimum atomic E-state index is -0.211. The first kappa shape index (κ1) is 16.5. The van der Waals surface area contributed by atoms with Crippen LogP contribution in [0.5, 0.6) is 0 Å². The second-order valence-electron chi connectivity index (χ2n) is 5.21. The number of thiophene rings is 1. The first-order chi connectivity index (χ1) is 10.7. The third-order valence-corrected chi connectivity index (χ3v) is 4.74. The largest absolute Gasteiger partial charge is 0.367 e. The van der Waals surface area contributed by atoms with Gasteiger partial charge in [0.2, 0.25) is 5.88 Å². The summed E-state index contributed by atoms with van der Waals surface area (Å²) in [7, 11) is 0. The molecule has 3 N–H and O–H groups in total. The molecule has 0 aliphatic carbocycles. The number of nitrogens with zero attached hydrogens (tertiary/aromatic N) is 1. The van der Waals surface area contributed by atoms with Crippen molar-refractivity contribution < 1.29 is 9.32 Å². The number of unbranched alkanes of at least 4 members (excludes halogenated alkanes) is 3. The molecule has 0 saturated heterocycles. The van der Waals surface area contributed by atoms with Crippen LogP contribution in [-0.2, 0) is 6.42 Å². The van der Waals surface area contributed by atoms with E-state index in [9.17, 15) is 4.79 Å². The van der Waals surface area contributed by atoms with Gasteiger partial charge in [0.1, 0.15) is 11.3 Å². The molecule has 0 fully saturated rings. The number of amides is 1. The quantitative estimate of drug-likeness (QED) is 0.723. The standard InChI is InChI=1S/C16H23N3O2S/c1-3-5-6-7-10-18-16(20)13-14(19-21-15(13)17)12-9-8-11(4-2)22-12/h8-9H,3-7,10,17H2,1-2H3,(H,18,20). The van der Waals surface area contributed by atoms with Gasteiger partial charge in [-0.1, -0.05) is 38.3 Å². The molecule has 22 heavy (non-hydrogen) atoms. The van der Waals surface area contributed by atoms with E-state index in [0.717, 1.165) is 24.1 Å². The summed E-state index contributed by atoms with van der Waals surface area (Å²) in [6.45, 7) is 4.90. The van der Waals surface area contributed by atoms with Crippen molar-refractivity contribution in [3.8, 4) is 10.6 Å². The number of carbonyl (C=O) groups is 1. The second-order valence-corrected chi connectivity index (χ2v) is 6.37. The van der Waals surface area contributed by atoms with Gasteiger partial charge >= 0.3 is 0 Å². The molecular formula is C16H23N3O2S. The van der Waals surface area contributed by atoms with Crippen LogP contribution in [0.15, 0.2) is 16.7 Å². The minimum Gasteiger partial charge on any atom is -0.367 e. The van der Waals surface area contributed by atoms with Gasteiger partial charge in [0.25, 0.3) is 5.91 Å². The Balaban J connectivity index is 2.07. The number of carbonyl (C=O) groups excluding carboxylic acids is 1. The van der Waals surface area contributed by atoms with Crippen molar-refractivity contribution >= 4 is 23.1 Å². The zero-order valence-electron chi connectivity index (χ0n) is 13.1. The molecule has 0 aliphatic rings. The SMILES string of the molecule is CCCCCCNC(=O)c1c(-c2ccc(CC)s2)noc1N. The maximum atomic E-state index is 12.3. The monoisotopic (exact) mass is 321 g/mol.